The third-order valence-electron chi connectivity index (χ3n) is 9.46. The van der Waals surface area contributed by atoms with Gasteiger partial charge in [0.15, 0.2) is 0 Å². The number of benzene rings is 4. The highest BCUT2D eigenvalue weighted by Gasteiger charge is 2.24. The number of hydrogen-bond acceptors (Lipinski definition) is 10. The molecule has 0 saturated heterocycles. The standard InChI is InChI=1S/2C25H26N3O2S.BFO2/c2*1-26(2)22-12-7-19(8-13-22)5-6-21-17-24(31-25(18-21)28(29)30)16-11-20-9-14-23(15-10-20)27(3)4;2-1(3)4/h2*5-18H,1-4H3;/q2*+1;-2. The first-order valence-electron chi connectivity index (χ1n) is 20.4. The average Bonchev–Trinajstić information content (AvgIpc) is 3.29. The molecule has 16 heteroatoms. The van der Waals surface area contributed by atoms with Gasteiger partial charge in [0.25, 0.3) is 0 Å². The summed E-state index contributed by atoms with van der Waals surface area (Å²) in [5.41, 5.74) is 10.3. The molecule has 2 aromatic heterocycles. The fraction of sp³-hybridized carbons (Fsp3) is 0.160. The lowest BCUT2D eigenvalue weighted by Gasteiger charge is -2.11. The molecule has 6 aromatic rings. The lowest BCUT2D eigenvalue weighted by Crippen LogP contribution is -2.39. The summed E-state index contributed by atoms with van der Waals surface area (Å²) in [7, 11) is 12.8. The van der Waals surface area contributed by atoms with E-state index >= 15 is 0 Å². The van der Waals surface area contributed by atoms with Crippen LogP contribution in [-0.4, -0.2) is 73.6 Å². The van der Waals surface area contributed by atoms with Crippen molar-refractivity contribution >= 4 is 111 Å². The van der Waals surface area contributed by atoms with E-state index in [0.29, 0.717) is 0 Å². The molecule has 0 aliphatic carbocycles. The predicted octanol–water partition coefficient (Wildman–Crippen LogP) is 10.5. The minimum absolute atomic E-state index is 0.118. The molecule has 0 saturated carbocycles. The minimum Gasteiger partial charge on any atom is -0.867 e. The van der Waals surface area contributed by atoms with E-state index in [9.17, 15) is 24.5 Å². The maximum atomic E-state index is 11.4. The van der Waals surface area contributed by atoms with Crippen molar-refractivity contribution in [3.05, 3.63) is 185 Å². The van der Waals surface area contributed by atoms with Gasteiger partial charge in [-0.15, -0.1) is 0 Å². The SMILES string of the molecule is CN(C)c1ccc(C=Cc2cc(C=Cc3ccc(N(C)C)cc3)[s+]c([N+](=O)[O-])c2)cc1.CN(C)c1ccc(C=Cc2cc(C=Cc3ccc(N(C)C)cc3)[s+]c([N+](=O)[O-])c2)cc1.[O-]B([O-])F. The Morgan fingerprint density at radius 2 is 0.621 bits per heavy atom. The van der Waals surface area contributed by atoms with E-state index in [2.05, 4.69) is 0 Å². The van der Waals surface area contributed by atoms with Crippen LogP contribution in [0.3, 0.4) is 0 Å². The van der Waals surface area contributed by atoms with Crippen molar-refractivity contribution in [2.45, 2.75) is 0 Å². The van der Waals surface area contributed by atoms with Crippen LogP contribution in [0.1, 0.15) is 43.1 Å². The van der Waals surface area contributed by atoms with Crippen LogP contribution in [0.4, 0.5) is 37.1 Å². The third-order valence-corrected chi connectivity index (χ3v) is 11.4. The second kappa shape index (κ2) is 25.4. The van der Waals surface area contributed by atoms with Crippen LogP contribution in [0.25, 0.3) is 48.6 Å². The quantitative estimate of drug-likeness (QED) is 0.0448. The molecule has 0 spiro atoms. The van der Waals surface area contributed by atoms with Crippen LogP contribution in [0.15, 0.2) is 121 Å². The smallest absolute Gasteiger partial charge is 0.517 e. The summed E-state index contributed by atoms with van der Waals surface area (Å²) in [4.78, 5) is 32.0. The average molecular weight is 927 g/mol. The second-order valence-corrected chi connectivity index (χ2v) is 17.5. The summed E-state index contributed by atoms with van der Waals surface area (Å²) < 4.78 is 9.89. The van der Waals surface area contributed by atoms with Gasteiger partial charge < -0.3 is 34.0 Å². The summed E-state index contributed by atoms with van der Waals surface area (Å²) in [6, 6.07) is 39.8. The van der Waals surface area contributed by atoms with E-state index in [-0.39, 0.29) is 19.8 Å². The molecule has 0 radical (unpaired) electrons. The van der Waals surface area contributed by atoms with E-state index < -0.39 is 7.40 Å². The Kier molecular flexibility index (Phi) is 19.8. The molecule has 0 unspecified atom stereocenters. The number of nitrogens with zero attached hydrogens (tertiary/aromatic N) is 6. The highest BCUT2D eigenvalue weighted by atomic mass is 32.1. The van der Waals surface area contributed by atoms with Crippen LogP contribution >= 0.6 is 22.7 Å². The van der Waals surface area contributed by atoms with Crippen LogP contribution in [-0.2, 0) is 0 Å². The molecule has 4 aromatic carbocycles. The lowest BCUT2D eigenvalue weighted by molar-refractivity contribution is -0.380. The Bertz CT molecular complexity index is 2300. The normalized spacial score (nSPS) is 11.0. The number of anilines is 4. The maximum absolute atomic E-state index is 11.4. The van der Waals surface area contributed by atoms with Gasteiger partial charge in [0.1, 0.15) is 17.2 Å². The molecule has 0 bridgehead atoms. The van der Waals surface area contributed by atoms with Crippen LogP contribution in [0.5, 0.6) is 0 Å². The van der Waals surface area contributed by atoms with Gasteiger partial charge >= 0.3 is 32.7 Å². The Morgan fingerprint density at radius 3 is 0.833 bits per heavy atom. The van der Waals surface area contributed by atoms with Crippen molar-refractivity contribution in [2.75, 3.05) is 76.0 Å². The third kappa shape index (κ3) is 17.5. The molecular weight excluding hydrogens is 875 g/mol. The van der Waals surface area contributed by atoms with E-state index in [1.807, 2.05) is 234 Å². The monoisotopic (exact) mass is 926 g/mol. The molecule has 2 heterocycles. The van der Waals surface area contributed by atoms with Gasteiger partial charge in [-0.2, -0.15) is 0 Å². The van der Waals surface area contributed by atoms with E-state index in [0.717, 1.165) is 65.9 Å². The summed E-state index contributed by atoms with van der Waals surface area (Å²) >= 11 is 2.33. The molecule has 66 heavy (non-hydrogen) atoms. The van der Waals surface area contributed by atoms with Gasteiger partial charge in [0, 0.05) is 103 Å². The zero-order valence-electron chi connectivity index (χ0n) is 38.1. The Hall–Kier alpha value is -7.11. The number of nitro groups is 2. The summed E-state index contributed by atoms with van der Waals surface area (Å²) in [5, 5.41) is 39.7. The first kappa shape index (κ1) is 51.5. The molecular formula is C50H52BFN6O6S2. The number of rotatable bonds is 14. The molecule has 12 nitrogen and oxygen atoms in total. The van der Waals surface area contributed by atoms with Crippen LogP contribution in [0, 0.1) is 20.2 Å². The molecule has 0 atom stereocenters. The Labute approximate surface area is 394 Å². The summed E-state index contributed by atoms with van der Waals surface area (Å²) in [5.74, 6) is 0. The zero-order chi connectivity index (χ0) is 48.3. The topological polar surface area (TPSA) is 145 Å². The summed E-state index contributed by atoms with van der Waals surface area (Å²) in [6.07, 6.45) is 15.6. The van der Waals surface area contributed by atoms with Gasteiger partial charge in [-0.25, -0.2) is 0 Å². The molecule has 0 aliphatic rings. The Morgan fingerprint density at radius 1 is 0.409 bits per heavy atom. The Balaban J connectivity index is 0.000000267. The van der Waals surface area contributed by atoms with Crippen molar-refractivity contribution in [1.29, 1.82) is 0 Å². The molecule has 6 rings (SSSR count). The highest BCUT2D eigenvalue weighted by molar-refractivity contribution is 7.16. The molecule has 0 aliphatic heterocycles. The molecule has 340 valence electrons. The van der Waals surface area contributed by atoms with Crippen molar-refractivity contribution in [3.8, 4) is 0 Å². The molecule has 0 amide bonds. The molecule has 0 fully saturated rings. The van der Waals surface area contributed by atoms with E-state index in [1.165, 1.54) is 22.7 Å². The number of hydrogen-bond donors (Lipinski definition) is 0. The maximum Gasteiger partial charge on any atom is 0.517 e. The fourth-order valence-electron chi connectivity index (χ4n) is 5.87. The van der Waals surface area contributed by atoms with Crippen molar-refractivity contribution in [1.82, 2.24) is 0 Å². The van der Waals surface area contributed by atoms with Gasteiger partial charge in [-0.1, -0.05) is 72.8 Å². The summed E-state index contributed by atoms with van der Waals surface area (Å²) in [6.45, 7) is 0. The first-order valence-corrected chi connectivity index (χ1v) is 22.0. The second-order valence-electron chi connectivity index (χ2n) is 15.3. The lowest BCUT2D eigenvalue weighted by atomic mass is 10.1. The van der Waals surface area contributed by atoms with Crippen molar-refractivity contribution < 1.29 is 24.2 Å². The van der Waals surface area contributed by atoms with Gasteiger partial charge in [-0.05, 0) is 94.1 Å². The van der Waals surface area contributed by atoms with Crippen LogP contribution < -0.4 is 29.6 Å². The van der Waals surface area contributed by atoms with E-state index in [4.69, 9.17) is 10.0 Å². The van der Waals surface area contributed by atoms with Gasteiger partial charge in [0.2, 0.25) is 9.75 Å². The largest absolute Gasteiger partial charge is 0.867 e. The minimum atomic E-state index is -3.17. The predicted molar refractivity (Wildman–Crippen MR) is 276 cm³/mol. The fourth-order valence-corrected chi connectivity index (χ4v) is 7.55. The number of halogens is 1. The van der Waals surface area contributed by atoms with Gasteiger partial charge in [-0.3, -0.25) is 20.2 Å². The van der Waals surface area contributed by atoms with Crippen molar-refractivity contribution in [3.63, 3.8) is 0 Å². The zero-order valence-corrected chi connectivity index (χ0v) is 39.7. The van der Waals surface area contributed by atoms with Gasteiger partial charge in [0.05, 0.1) is 12.1 Å². The van der Waals surface area contributed by atoms with E-state index in [1.54, 1.807) is 12.1 Å². The molecule has 0 N–H and O–H groups in total. The van der Waals surface area contributed by atoms with Crippen molar-refractivity contribution in [2.24, 2.45) is 0 Å². The van der Waals surface area contributed by atoms with Crippen LogP contribution in [0.2, 0.25) is 0 Å². The first-order chi connectivity index (χ1) is 31.4. The highest BCUT2D eigenvalue weighted by Crippen LogP contribution is 2.29.